The van der Waals surface area contributed by atoms with E-state index in [1.54, 1.807) is 0 Å². The molecule has 21 heavy (non-hydrogen) atoms. The zero-order valence-electron chi connectivity index (χ0n) is 11.7. The fourth-order valence-corrected chi connectivity index (χ4v) is 2.40. The number of nitrogen functional groups attached to an aromatic ring is 2. The molecule has 0 aliphatic carbocycles. The Labute approximate surface area is 123 Å². The van der Waals surface area contributed by atoms with E-state index < -0.39 is 0 Å². The quantitative estimate of drug-likeness (QED) is 0.641. The van der Waals surface area contributed by atoms with Gasteiger partial charge < -0.3 is 16.8 Å². The standard InChI is InChI=1S/C17H18N4/c18-15-7-6-14(11-16(15)19)20-10-8-13-4-1-3-12-5-2-9-21-17(12)13/h1-7,9,11,20H,8,10,18-19H2. The van der Waals surface area contributed by atoms with Crippen molar-refractivity contribution in [1.29, 1.82) is 0 Å². The van der Waals surface area contributed by atoms with Crippen molar-refractivity contribution < 1.29 is 0 Å². The van der Waals surface area contributed by atoms with Crippen LogP contribution in [0.3, 0.4) is 0 Å². The summed E-state index contributed by atoms with van der Waals surface area (Å²) in [6, 6.07) is 15.9. The number of hydrogen-bond acceptors (Lipinski definition) is 4. The summed E-state index contributed by atoms with van der Waals surface area (Å²) in [5, 5.41) is 4.54. The van der Waals surface area contributed by atoms with Crippen molar-refractivity contribution in [2.75, 3.05) is 23.3 Å². The summed E-state index contributed by atoms with van der Waals surface area (Å²) in [6.45, 7) is 0.818. The van der Waals surface area contributed by atoms with Gasteiger partial charge in [0.2, 0.25) is 0 Å². The van der Waals surface area contributed by atoms with Crippen molar-refractivity contribution >= 4 is 28.0 Å². The number of nitrogens with two attached hydrogens (primary N) is 2. The van der Waals surface area contributed by atoms with Gasteiger partial charge >= 0.3 is 0 Å². The van der Waals surface area contributed by atoms with E-state index in [1.165, 1.54) is 10.9 Å². The predicted octanol–water partition coefficient (Wildman–Crippen LogP) is 3.05. The number of pyridine rings is 1. The molecule has 0 spiro atoms. The summed E-state index contributed by atoms with van der Waals surface area (Å²) in [7, 11) is 0. The van der Waals surface area contributed by atoms with Crippen LogP contribution in [0.5, 0.6) is 0 Å². The highest BCUT2D eigenvalue weighted by atomic mass is 14.9. The molecular weight excluding hydrogens is 260 g/mol. The van der Waals surface area contributed by atoms with Gasteiger partial charge in [-0.25, -0.2) is 0 Å². The van der Waals surface area contributed by atoms with Gasteiger partial charge in [0.05, 0.1) is 16.9 Å². The van der Waals surface area contributed by atoms with Gasteiger partial charge in [-0.3, -0.25) is 4.98 Å². The maximum Gasteiger partial charge on any atom is 0.0734 e. The van der Waals surface area contributed by atoms with Crippen molar-refractivity contribution in [3.63, 3.8) is 0 Å². The lowest BCUT2D eigenvalue weighted by Gasteiger charge is -2.09. The number of benzene rings is 2. The average molecular weight is 278 g/mol. The van der Waals surface area contributed by atoms with Crippen LogP contribution < -0.4 is 16.8 Å². The first kappa shape index (κ1) is 13.2. The minimum atomic E-state index is 0.604. The average Bonchev–Trinajstić information content (AvgIpc) is 2.51. The van der Waals surface area contributed by atoms with Crippen LogP contribution in [-0.2, 0) is 6.42 Å². The summed E-state index contributed by atoms with van der Waals surface area (Å²) >= 11 is 0. The van der Waals surface area contributed by atoms with Crippen molar-refractivity contribution in [2.45, 2.75) is 6.42 Å². The molecule has 0 saturated heterocycles. The lowest BCUT2D eigenvalue weighted by atomic mass is 10.1. The van der Waals surface area contributed by atoms with E-state index in [2.05, 4.69) is 34.6 Å². The van der Waals surface area contributed by atoms with E-state index in [0.29, 0.717) is 11.4 Å². The minimum Gasteiger partial charge on any atom is -0.397 e. The van der Waals surface area contributed by atoms with Crippen LogP contribution in [-0.4, -0.2) is 11.5 Å². The monoisotopic (exact) mass is 278 g/mol. The Morgan fingerprint density at radius 3 is 2.67 bits per heavy atom. The zero-order chi connectivity index (χ0) is 14.7. The molecule has 0 aliphatic heterocycles. The fourth-order valence-electron chi connectivity index (χ4n) is 2.40. The van der Waals surface area contributed by atoms with Crippen LogP contribution in [0.1, 0.15) is 5.56 Å². The molecule has 0 radical (unpaired) electrons. The molecular formula is C17H18N4. The van der Waals surface area contributed by atoms with Crippen molar-refractivity contribution in [3.8, 4) is 0 Å². The van der Waals surface area contributed by atoms with Gasteiger partial charge in [-0.1, -0.05) is 24.3 Å². The third-order valence-electron chi connectivity index (χ3n) is 3.53. The SMILES string of the molecule is Nc1ccc(NCCc2cccc3cccnc23)cc1N. The van der Waals surface area contributed by atoms with Crippen LogP contribution in [0, 0.1) is 0 Å². The van der Waals surface area contributed by atoms with E-state index in [9.17, 15) is 0 Å². The van der Waals surface area contributed by atoms with Gasteiger partial charge in [0.1, 0.15) is 0 Å². The summed E-state index contributed by atoms with van der Waals surface area (Å²) in [4.78, 5) is 4.47. The highest BCUT2D eigenvalue weighted by Gasteiger charge is 2.02. The van der Waals surface area contributed by atoms with Gasteiger partial charge in [-0.2, -0.15) is 0 Å². The number of nitrogens with one attached hydrogen (secondary N) is 1. The molecule has 0 fully saturated rings. The molecule has 0 bridgehead atoms. The van der Waals surface area contributed by atoms with E-state index in [1.807, 2.05) is 30.5 Å². The Balaban J connectivity index is 1.70. The second kappa shape index (κ2) is 5.71. The molecule has 106 valence electrons. The molecule has 5 N–H and O–H groups in total. The van der Waals surface area contributed by atoms with Gasteiger partial charge in [0.15, 0.2) is 0 Å². The summed E-state index contributed by atoms with van der Waals surface area (Å²) < 4.78 is 0. The Bertz CT molecular complexity index is 762. The number of anilines is 3. The molecule has 4 heteroatoms. The summed E-state index contributed by atoms with van der Waals surface area (Å²) in [5.74, 6) is 0. The van der Waals surface area contributed by atoms with E-state index in [0.717, 1.165) is 24.2 Å². The maximum atomic E-state index is 5.80. The van der Waals surface area contributed by atoms with Gasteiger partial charge in [0, 0.05) is 23.8 Å². The molecule has 0 aliphatic rings. The highest BCUT2D eigenvalue weighted by Crippen LogP contribution is 2.20. The summed E-state index contributed by atoms with van der Waals surface area (Å²) in [6.07, 6.45) is 2.73. The number of rotatable bonds is 4. The van der Waals surface area contributed by atoms with Crippen LogP contribution in [0.4, 0.5) is 17.1 Å². The second-order valence-electron chi connectivity index (χ2n) is 5.01. The van der Waals surface area contributed by atoms with Gasteiger partial charge in [-0.15, -0.1) is 0 Å². The molecule has 1 aromatic heterocycles. The maximum absolute atomic E-state index is 5.80. The van der Waals surface area contributed by atoms with E-state index in [4.69, 9.17) is 11.5 Å². The molecule has 4 nitrogen and oxygen atoms in total. The minimum absolute atomic E-state index is 0.604. The molecule has 3 aromatic rings. The summed E-state index contributed by atoms with van der Waals surface area (Å²) in [5.41, 5.74) is 16.0. The molecule has 0 atom stereocenters. The molecule has 0 unspecified atom stereocenters. The number of aromatic nitrogens is 1. The Kier molecular flexibility index (Phi) is 3.60. The fraction of sp³-hybridized carbons (Fsp3) is 0.118. The van der Waals surface area contributed by atoms with Crippen molar-refractivity contribution in [2.24, 2.45) is 0 Å². The molecule has 2 aromatic carbocycles. The van der Waals surface area contributed by atoms with Gasteiger partial charge in [-0.05, 0) is 36.2 Å². The van der Waals surface area contributed by atoms with Crippen molar-refractivity contribution in [1.82, 2.24) is 4.98 Å². The number of para-hydroxylation sites is 1. The number of hydrogen-bond donors (Lipinski definition) is 3. The molecule has 3 rings (SSSR count). The number of nitrogens with zero attached hydrogens (tertiary/aromatic N) is 1. The zero-order valence-corrected chi connectivity index (χ0v) is 11.7. The van der Waals surface area contributed by atoms with E-state index in [-0.39, 0.29) is 0 Å². The lowest BCUT2D eigenvalue weighted by molar-refractivity contribution is 1.02. The largest absolute Gasteiger partial charge is 0.397 e. The Morgan fingerprint density at radius 2 is 1.81 bits per heavy atom. The van der Waals surface area contributed by atoms with Crippen LogP contribution in [0.25, 0.3) is 10.9 Å². The molecule has 0 amide bonds. The highest BCUT2D eigenvalue weighted by molar-refractivity contribution is 5.81. The van der Waals surface area contributed by atoms with Gasteiger partial charge in [0.25, 0.3) is 0 Å². The molecule has 1 heterocycles. The third kappa shape index (κ3) is 2.89. The topological polar surface area (TPSA) is 77.0 Å². The smallest absolute Gasteiger partial charge is 0.0734 e. The number of fused-ring (bicyclic) bond motifs is 1. The van der Waals surface area contributed by atoms with Crippen LogP contribution >= 0.6 is 0 Å². The normalized spacial score (nSPS) is 10.7. The predicted molar refractivity (Wildman–Crippen MR) is 89.2 cm³/mol. The third-order valence-corrected chi connectivity index (χ3v) is 3.53. The Hall–Kier alpha value is -2.75. The van der Waals surface area contributed by atoms with Crippen LogP contribution in [0.2, 0.25) is 0 Å². The molecule has 0 saturated carbocycles. The lowest BCUT2D eigenvalue weighted by Crippen LogP contribution is -2.06. The first-order valence-electron chi connectivity index (χ1n) is 6.95. The Morgan fingerprint density at radius 1 is 0.952 bits per heavy atom. The second-order valence-corrected chi connectivity index (χ2v) is 5.01. The van der Waals surface area contributed by atoms with E-state index >= 15 is 0 Å². The van der Waals surface area contributed by atoms with Crippen molar-refractivity contribution in [3.05, 3.63) is 60.3 Å². The first-order valence-corrected chi connectivity index (χ1v) is 6.95. The first-order chi connectivity index (χ1) is 10.2. The van der Waals surface area contributed by atoms with Crippen LogP contribution in [0.15, 0.2) is 54.7 Å².